The lowest BCUT2D eigenvalue weighted by atomic mass is 10.1. The number of unbranched alkanes of at least 4 members (excludes halogenated alkanes) is 1. The van der Waals surface area contributed by atoms with Crippen molar-refractivity contribution in [2.45, 2.75) is 44.8 Å². The van der Waals surface area contributed by atoms with Gasteiger partial charge in [-0.15, -0.1) is 0 Å². The van der Waals surface area contributed by atoms with E-state index in [9.17, 15) is 22.8 Å². The topological polar surface area (TPSA) is 75.6 Å². The van der Waals surface area contributed by atoms with E-state index in [0.29, 0.717) is 12.8 Å². The van der Waals surface area contributed by atoms with Gasteiger partial charge < -0.3 is 15.2 Å². The molecule has 134 valence electrons. The van der Waals surface area contributed by atoms with Gasteiger partial charge in [0, 0.05) is 12.8 Å². The molecule has 0 aliphatic heterocycles. The fourth-order valence-electron chi connectivity index (χ4n) is 1.98. The number of amides is 1. The van der Waals surface area contributed by atoms with Crippen LogP contribution in [-0.4, -0.2) is 29.8 Å². The van der Waals surface area contributed by atoms with Crippen LogP contribution in [0.4, 0.5) is 13.2 Å². The summed E-state index contributed by atoms with van der Waals surface area (Å²) in [6.07, 6.45) is -3.22. The van der Waals surface area contributed by atoms with Gasteiger partial charge in [-0.3, -0.25) is 9.59 Å². The molecule has 24 heavy (non-hydrogen) atoms. The van der Waals surface area contributed by atoms with Crippen LogP contribution in [0.15, 0.2) is 24.3 Å². The molecule has 5 nitrogen and oxygen atoms in total. The van der Waals surface area contributed by atoms with Crippen molar-refractivity contribution in [2.24, 2.45) is 0 Å². The molecule has 1 unspecified atom stereocenters. The molecule has 0 spiro atoms. The molecule has 1 amide bonds. The van der Waals surface area contributed by atoms with Crippen molar-refractivity contribution in [1.82, 2.24) is 5.32 Å². The summed E-state index contributed by atoms with van der Waals surface area (Å²) in [6, 6.07) is 5.68. The molecule has 8 heteroatoms. The van der Waals surface area contributed by atoms with Crippen molar-refractivity contribution in [3.8, 4) is 5.75 Å². The molecule has 1 atom stereocenters. The van der Waals surface area contributed by atoms with Gasteiger partial charge in [0.05, 0.1) is 6.04 Å². The maximum absolute atomic E-state index is 12.1. The van der Waals surface area contributed by atoms with Crippen LogP contribution < -0.4 is 10.1 Å². The van der Waals surface area contributed by atoms with Crippen molar-refractivity contribution in [3.05, 3.63) is 29.8 Å². The number of halogens is 3. The Morgan fingerprint density at radius 3 is 2.29 bits per heavy atom. The number of carboxylic acid groups (broad SMARTS) is 1. The van der Waals surface area contributed by atoms with Crippen LogP contribution in [0.5, 0.6) is 5.75 Å². The van der Waals surface area contributed by atoms with Gasteiger partial charge in [-0.2, -0.15) is 13.2 Å². The molecular weight excluding hydrogens is 327 g/mol. The van der Waals surface area contributed by atoms with Crippen LogP contribution in [0, 0.1) is 0 Å². The van der Waals surface area contributed by atoms with Gasteiger partial charge >= 0.3 is 12.1 Å². The zero-order chi connectivity index (χ0) is 18.2. The number of nitrogens with one attached hydrogen (secondary N) is 1. The molecule has 0 heterocycles. The van der Waals surface area contributed by atoms with Crippen LogP contribution in [0.1, 0.15) is 44.2 Å². The van der Waals surface area contributed by atoms with Crippen LogP contribution in [-0.2, 0) is 9.59 Å². The highest BCUT2D eigenvalue weighted by atomic mass is 19.4. The van der Waals surface area contributed by atoms with Gasteiger partial charge in [-0.1, -0.05) is 12.1 Å². The first-order chi connectivity index (χ1) is 11.2. The average molecular weight is 347 g/mol. The summed E-state index contributed by atoms with van der Waals surface area (Å²) >= 11 is 0. The van der Waals surface area contributed by atoms with Gasteiger partial charge in [0.1, 0.15) is 5.75 Å². The number of benzene rings is 1. The number of carboxylic acids is 1. The maximum Gasteiger partial charge on any atom is 0.422 e. The quantitative estimate of drug-likeness (QED) is 0.671. The molecule has 0 aliphatic rings. The van der Waals surface area contributed by atoms with Crippen molar-refractivity contribution >= 4 is 11.9 Å². The van der Waals surface area contributed by atoms with Crippen LogP contribution in [0.2, 0.25) is 0 Å². The highest BCUT2D eigenvalue weighted by molar-refractivity contribution is 5.76. The van der Waals surface area contributed by atoms with Gasteiger partial charge in [0.15, 0.2) is 6.61 Å². The molecule has 0 aromatic heterocycles. The van der Waals surface area contributed by atoms with E-state index in [1.165, 1.54) is 12.1 Å². The van der Waals surface area contributed by atoms with Gasteiger partial charge in [0.2, 0.25) is 5.91 Å². The Labute approximate surface area is 137 Å². The van der Waals surface area contributed by atoms with Crippen molar-refractivity contribution < 1.29 is 32.6 Å². The lowest BCUT2D eigenvalue weighted by molar-refractivity contribution is -0.153. The lowest BCUT2D eigenvalue weighted by Crippen LogP contribution is -2.26. The molecule has 2 N–H and O–H groups in total. The van der Waals surface area contributed by atoms with Crippen LogP contribution in [0.3, 0.4) is 0 Å². The first kappa shape index (κ1) is 19.8. The summed E-state index contributed by atoms with van der Waals surface area (Å²) in [5, 5.41) is 11.3. The minimum Gasteiger partial charge on any atom is -0.484 e. The Balaban J connectivity index is 2.40. The lowest BCUT2D eigenvalue weighted by Gasteiger charge is -2.15. The first-order valence-corrected chi connectivity index (χ1v) is 7.48. The van der Waals surface area contributed by atoms with Crippen molar-refractivity contribution in [2.75, 3.05) is 6.61 Å². The Kier molecular flexibility index (Phi) is 7.54. The van der Waals surface area contributed by atoms with Crippen molar-refractivity contribution in [1.29, 1.82) is 0 Å². The van der Waals surface area contributed by atoms with E-state index in [2.05, 4.69) is 10.1 Å². The molecule has 1 aromatic rings. The summed E-state index contributed by atoms with van der Waals surface area (Å²) < 4.78 is 40.8. The predicted molar refractivity (Wildman–Crippen MR) is 80.7 cm³/mol. The summed E-state index contributed by atoms with van der Waals surface area (Å²) in [4.78, 5) is 22.1. The summed E-state index contributed by atoms with van der Waals surface area (Å²) in [5.74, 6) is -0.995. The Hall–Kier alpha value is -2.25. The Morgan fingerprint density at radius 1 is 1.17 bits per heavy atom. The second-order valence-electron chi connectivity index (χ2n) is 5.36. The highest BCUT2D eigenvalue weighted by Gasteiger charge is 2.28. The second kappa shape index (κ2) is 9.14. The van der Waals surface area contributed by atoms with Crippen molar-refractivity contribution in [3.63, 3.8) is 0 Å². The summed E-state index contributed by atoms with van der Waals surface area (Å²) in [5.41, 5.74) is 0.730. The largest absolute Gasteiger partial charge is 0.484 e. The monoisotopic (exact) mass is 347 g/mol. The normalized spacial score (nSPS) is 12.5. The Morgan fingerprint density at radius 2 is 1.75 bits per heavy atom. The van der Waals surface area contributed by atoms with Crippen LogP contribution in [0.25, 0.3) is 0 Å². The second-order valence-corrected chi connectivity index (χ2v) is 5.36. The number of ether oxygens (including phenoxy) is 1. The van der Waals surface area contributed by atoms with E-state index >= 15 is 0 Å². The molecule has 0 bridgehead atoms. The summed E-state index contributed by atoms with van der Waals surface area (Å²) in [6.45, 7) is 0.399. The molecule has 0 radical (unpaired) electrons. The number of rotatable bonds is 9. The van der Waals surface area contributed by atoms with E-state index in [1.807, 2.05) is 0 Å². The van der Waals surface area contributed by atoms with E-state index in [-0.39, 0.29) is 30.5 Å². The fraction of sp³-hybridized carbons (Fsp3) is 0.500. The third kappa shape index (κ3) is 8.40. The number of alkyl halides is 3. The molecule has 0 saturated carbocycles. The molecule has 0 fully saturated rings. The average Bonchev–Trinajstić information content (AvgIpc) is 2.49. The van der Waals surface area contributed by atoms with Gasteiger partial charge in [-0.25, -0.2) is 0 Å². The zero-order valence-electron chi connectivity index (χ0n) is 13.2. The van der Waals surface area contributed by atoms with E-state index < -0.39 is 18.8 Å². The first-order valence-electron chi connectivity index (χ1n) is 7.48. The molecular formula is C16H20F3NO4. The van der Waals surface area contributed by atoms with E-state index in [0.717, 1.165) is 5.56 Å². The third-order valence-corrected chi connectivity index (χ3v) is 3.20. The number of carbonyl (C=O) groups excluding carboxylic acids is 1. The number of carbonyl (C=O) groups is 2. The van der Waals surface area contributed by atoms with Crippen LogP contribution >= 0.6 is 0 Å². The number of aliphatic carboxylic acids is 1. The predicted octanol–water partition coefficient (Wildman–Crippen LogP) is 3.45. The maximum atomic E-state index is 12.1. The molecule has 1 aromatic carbocycles. The molecule has 0 aliphatic carbocycles. The van der Waals surface area contributed by atoms with Gasteiger partial charge in [0.25, 0.3) is 0 Å². The molecule has 1 rings (SSSR count). The summed E-state index contributed by atoms with van der Waals surface area (Å²) in [7, 11) is 0. The van der Waals surface area contributed by atoms with E-state index in [4.69, 9.17) is 5.11 Å². The van der Waals surface area contributed by atoms with E-state index in [1.54, 1.807) is 19.1 Å². The molecule has 0 saturated heterocycles. The Bertz CT molecular complexity index is 543. The SMILES string of the molecule is CC(NC(=O)CCCCC(=O)O)c1ccc(OCC(F)(F)F)cc1. The van der Waals surface area contributed by atoms with Gasteiger partial charge in [-0.05, 0) is 37.5 Å². The zero-order valence-corrected chi connectivity index (χ0v) is 13.2. The number of hydrogen-bond acceptors (Lipinski definition) is 3. The standard InChI is InChI=1S/C16H20F3NO4/c1-11(20-14(21)4-2-3-5-15(22)23)12-6-8-13(9-7-12)24-10-16(17,18)19/h6-9,11H,2-5,10H2,1H3,(H,20,21)(H,22,23). The highest BCUT2D eigenvalue weighted by Crippen LogP contribution is 2.21. The fourth-order valence-corrected chi connectivity index (χ4v) is 1.98. The number of hydrogen-bond donors (Lipinski definition) is 2. The third-order valence-electron chi connectivity index (χ3n) is 3.20. The smallest absolute Gasteiger partial charge is 0.422 e. The minimum atomic E-state index is -4.39. The minimum absolute atomic E-state index is 0.0300.